The molecule has 0 bridgehead atoms. The predicted octanol–water partition coefficient (Wildman–Crippen LogP) is 1.06. The summed E-state index contributed by atoms with van der Waals surface area (Å²) in [6.45, 7) is 1.91. The molecule has 2 aromatic heterocycles. The van der Waals surface area contributed by atoms with Crippen LogP contribution in [0.5, 0.6) is 0 Å². The van der Waals surface area contributed by atoms with Crippen molar-refractivity contribution in [2.45, 2.75) is 6.92 Å². The second kappa shape index (κ2) is 5.62. The first kappa shape index (κ1) is 13.9. The average molecular weight is 273 g/mol. The molecule has 0 fully saturated rings. The quantitative estimate of drug-likeness (QED) is 0.840. The first-order valence-corrected chi connectivity index (χ1v) is 5.91. The van der Waals surface area contributed by atoms with Crippen molar-refractivity contribution in [1.29, 1.82) is 0 Å². The normalized spacial score (nSPS) is 10.3. The zero-order valence-electron chi connectivity index (χ0n) is 11.5. The Balaban J connectivity index is 2.41. The second-order valence-electron chi connectivity index (χ2n) is 4.14. The lowest BCUT2D eigenvalue weighted by Gasteiger charge is -2.14. The monoisotopic (exact) mass is 273 g/mol. The van der Waals surface area contributed by atoms with E-state index in [0.717, 1.165) is 10.6 Å². The van der Waals surface area contributed by atoms with Crippen molar-refractivity contribution in [3.63, 3.8) is 0 Å². The van der Waals surface area contributed by atoms with Crippen molar-refractivity contribution in [3.05, 3.63) is 35.8 Å². The smallest absolute Gasteiger partial charge is 0.299 e. The molecule has 0 aliphatic carbocycles. The molecule has 104 valence electrons. The summed E-state index contributed by atoms with van der Waals surface area (Å²) in [7, 11) is 2.85. The summed E-state index contributed by atoms with van der Waals surface area (Å²) in [4.78, 5) is 29.2. The van der Waals surface area contributed by atoms with E-state index in [1.54, 1.807) is 6.20 Å². The maximum atomic E-state index is 11.9. The fourth-order valence-corrected chi connectivity index (χ4v) is 1.67. The average Bonchev–Trinajstić information content (AvgIpc) is 2.46. The number of carbonyl (C=O) groups excluding carboxylic acids is 1. The van der Waals surface area contributed by atoms with Crippen molar-refractivity contribution in [1.82, 2.24) is 20.0 Å². The SMILES string of the molecule is CON(C)C(=O)c1ncc(-c2ncccc2C)nc1N. The topological polar surface area (TPSA) is 94.2 Å². The molecular formula is C13H15N5O2. The summed E-state index contributed by atoms with van der Waals surface area (Å²) in [5.74, 6) is -0.414. The van der Waals surface area contributed by atoms with Gasteiger partial charge in [-0.1, -0.05) is 6.07 Å². The van der Waals surface area contributed by atoms with Crippen LogP contribution in [0.3, 0.4) is 0 Å². The van der Waals surface area contributed by atoms with Crippen LogP contribution in [0.25, 0.3) is 11.4 Å². The fourth-order valence-electron chi connectivity index (χ4n) is 1.67. The Morgan fingerprint density at radius 2 is 2.15 bits per heavy atom. The van der Waals surface area contributed by atoms with Crippen molar-refractivity contribution in [2.75, 3.05) is 19.9 Å². The van der Waals surface area contributed by atoms with Crippen LogP contribution in [0, 0.1) is 6.92 Å². The highest BCUT2D eigenvalue weighted by atomic mass is 16.7. The van der Waals surface area contributed by atoms with Crippen LogP contribution in [0.4, 0.5) is 5.82 Å². The molecule has 1 amide bonds. The molecule has 0 aliphatic rings. The molecule has 0 saturated carbocycles. The van der Waals surface area contributed by atoms with Crippen LogP contribution >= 0.6 is 0 Å². The van der Waals surface area contributed by atoms with E-state index < -0.39 is 5.91 Å². The first-order valence-electron chi connectivity index (χ1n) is 5.91. The molecule has 2 heterocycles. The summed E-state index contributed by atoms with van der Waals surface area (Å²) < 4.78 is 0. The van der Waals surface area contributed by atoms with Gasteiger partial charge in [0.05, 0.1) is 19.0 Å². The molecule has 20 heavy (non-hydrogen) atoms. The zero-order chi connectivity index (χ0) is 14.7. The highest BCUT2D eigenvalue weighted by Gasteiger charge is 2.18. The van der Waals surface area contributed by atoms with Crippen LogP contribution in [0.1, 0.15) is 16.1 Å². The van der Waals surface area contributed by atoms with E-state index in [9.17, 15) is 4.79 Å². The van der Waals surface area contributed by atoms with Gasteiger partial charge in [-0.05, 0) is 18.6 Å². The van der Waals surface area contributed by atoms with Crippen LogP contribution in [-0.2, 0) is 4.84 Å². The first-order chi connectivity index (χ1) is 9.54. The van der Waals surface area contributed by atoms with Gasteiger partial charge in [0.15, 0.2) is 11.5 Å². The van der Waals surface area contributed by atoms with E-state index >= 15 is 0 Å². The molecule has 7 heteroatoms. The Morgan fingerprint density at radius 1 is 1.40 bits per heavy atom. The number of nitrogens with zero attached hydrogens (tertiary/aromatic N) is 4. The molecule has 7 nitrogen and oxygen atoms in total. The molecule has 0 saturated heterocycles. The van der Waals surface area contributed by atoms with Crippen LogP contribution < -0.4 is 5.73 Å². The molecule has 0 unspecified atom stereocenters. The molecule has 0 aromatic carbocycles. The van der Waals surface area contributed by atoms with Crippen molar-refractivity contribution >= 4 is 11.7 Å². The second-order valence-corrected chi connectivity index (χ2v) is 4.14. The van der Waals surface area contributed by atoms with E-state index in [0.29, 0.717) is 11.4 Å². The lowest BCUT2D eigenvalue weighted by Crippen LogP contribution is -2.27. The molecular weight excluding hydrogens is 258 g/mol. The van der Waals surface area contributed by atoms with Gasteiger partial charge in [-0.15, -0.1) is 0 Å². The third-order valence-corrected chi connectivity index (χ3v) is 2.81. The van der Waals surface area contributed by atoms with Crippen LogP contribution in [0.2, 0.25) is 0 Å². The van der Waals surface area contributed by atoms with E-state index in [2.05, 4.69) is 15.0 Å². The summed E-state index contributed by atoms with van der Waals surface area (Å²) in [5.41, 5.74) is 8.01. The summed E-state index contributed by atoms with van der Waals surface area (Å²) in [6.07, 6.45) is 3.14. The lowest BCUT2D eigenvalue weighted by molar-refractivity contribution is -0.0760. The molecule has 2 aromatic rings. The Morgan fingerprint density at radius 3 is 2.75 bits per heavy atom. The van der Waals surface area contributed by atoms with Gasteiger partial charge >= 0.3 is 0 Å². The van der Waals surface area contributed by atoms with Crippen LogP contribution in [-0.4, -0.2) is 40.1 Å². The van der Waals surface area contributed by atoms with Gasteiger partial charge in [0, 0.05) is 13.2 Å². The van der Waals surface area contributed by atoms with Crippen molar-refractivity contribution in [2.24, 2.45) is 0 Å². The van der Waals surface area contributed by atoms with E-state index in [-0.39, 0.29) is 11.5 Å². The number of amides is 1. The lowest BCUT2D eigenvalue weighted by atomic mass is 10.2. The Bertz CT molecular complexity index is 644. The number of hydroxylamine groups is 2. The molecule has 0 aliphatic heterocycles. The maximum Gasteiger partial charge on any atom is 0.299 e. The standard InChI is InChI=1S/C13H15N5O2/c1-8-5-4-6-15-10(8)9-7-16-11(12(14)17-9)13(19)18(2)20-3/h4-7H,1-3H3,(H2,14,17). The number of carbonyl (C=O) groups is 1. The maximum absolute atomic E-state index is 11.9. The third-order valence-electron chi connectivity index (χ3n) is 2.81. The van der Waals surface area contributed by atoms with Gasteiger partial charge in [-0.25, -0.2) is 15.0 Å². The Hall–Kier alpha value is -2.54. The molecule has 0 spiro atoms. The zero-order valence-corrected chi connectivity index (χ0v) is 11.5. The molecule has 2 rings (SSSR count). The Labute approximate surface area is 116 Å². The summed E-state index contributed by atoms with van der Waals surface area (Å²) >= 11 is 0. The number of anilines is 1. The number of aryl methyl sites for hydroxylation is 1. The number of aromatic nitrogens is 3. The summed E-state index contributed by atoms with van der Waals surface area (Å²) in [6, 6.07) is 3.75. The van der Waals surface area contributed by atoms with E-state index in [1.807, 2.05) is 19.1 Å². The highest BCUT2D eigenvalue weighted by molar-refractivity contribution is 5.95. The number of nitrogen functional groups attached to an aromatic ring is 1. The molecule has 0 atom stereocenters. The van der Waals surface area contributed by atoms with E-state index in [1.165, 1.54) is 20.4 Å². The fraction of sp³-hybridized carbons (Fsp3) is 0.231. The number of nitrogens with two attached hydrogens (primary N) is 1. The summed E-state index contributed by atoms with van der Waals surface area (Å²) in [5, 5.41) is 1.03. The van der Waals surface area contributed by atoms with Gasteiger partial charge < -0.3 is 5.73 Å². The third kappa shape index (κ3) is 2.57. The van der Waals surface area contributed by atoms with Gasteiger partial charge in [0.25, 0.3) is 5.91 Å². The number of pyridine rings is 1. The predicted molar refractivity (Wildman–Crippen MR) is 73.5 cm³/mol. The number of hydrogen-bond acceptors (Lipinski definition) is 6. The minimum absolute atomic E-state index is 0.0430. The van der Waals surface area contributed by atoms with E-state index in [4.69, 9.17) is 10.6 Å². The minimum Gasteiger partial charge on any atom is -0.382 e. The number of hydrogen-bond donors (Lipinski definition) is 1. The highest BCUT2D eigenvalue weighted by Crippen LogP contribution is 2.20. The van der Waals surface area contributed by atoms with Crippen LogP contribution in [0.15, 0.2) is 24.5 Å². The molecule has 0 radical (unpaired) electrons. The van der Waals surface area contributed by atoms with Crippen molar-refractivity contribution in [3.8, 4) is 11.4 Å². The minimum atomic E-state index is -0.457. The van der Waals surface area contributed by atoms with Gasteiger partial charge in [0.1, 0.15) is 5.69 Å². The van der Waals surface area contributed by atoms with Gasteiger partial charge in [-0.2, -0.15) is 0 Å². The Kier molecular flexibility index (Phi) is 3.90. The van der Waals surface area contributed by atoms with Crippen molar-refractivity contribution < 1.29 is 9.63 Å². The molecule has 2 N–H and O–H groups in total. The van der Waals surface area contributed by atoms with Gasteiger partial charge in [0.2, 0.25) is 0 Å². The number of rotatable bonds is 3. The van der Waals surface area contributed by atoms with Gasteiger partial charge in [-0.3, -0.25) is 14.6 Å². The largest absolute Gasteiger partial charge is 0.382 e.